The van der Waals surface area contributed by atoms with Crippen LogP contribution in [0.1, 0.15) is 44.9 Å². The monoisotopic (exact) mass is 252 g/mol. The molecule has 1 aromatic heterocycles. The van der Waals surface area contributed by atoms with Crippen LogP contribution < -0.4 is 0 Å². The van der Waals surface area contributed by atoms with Gasteiger partial charge in [0.2, 0.25) is 0 Å². The molecule has 2 heterocycles. The summed E-state index contributed by atoms with van der Waals surface area (Å²) in [7, 11) is 0. The summed E-state index contributed by atoms with van der Waals surface area (Å²) < 4.78 is 2.00. The molecule has 0 spiro atoms. The molecule has 2 rings (SSSR count). The van der Waals surface area contributed by atoms with Gasteiger partial charge in [0.05, 0.1) is 6.54 Å². The number of hydrogen-bond acceptors (Lipinski definition) is 4. The third-order valence-electron chi connectivity index (χ3n) is 3.69. The SMILES string of the molecule is CCCn1ncnc1CN1CCCCC1CCO. The van der Waals surface area contributed by atoms with Gasteiger partial charge in [-0.25, -0.2) is 9.67 Å². The predicted molar refractivity (Wildman–Crippen MR) is 70.1 cm³/mol. The first-order valence-corrected chi connectivity index (χ1v) is 7.06. The number of aryl methyl sites for hydroxylation is 1. The molecule has 5 nitrogen and oxygen atoms in total. The van der Waals surface area contributed by atoms with E-state index in [9.17, 15) is 0 Å². The Bertz CT molecular complexity index is 351. The maximum absolute atomic E-state index is 9.14. The zero-order valence-electron chi connectivity index (χ0n) is 11.3. The van der Waals surface area contributed by atoms with Crippen LogP contribution in [0.3, 0.4) is 0 Å². The molecular formula is C13H24N4O. The van der Waals surface area contributed by atoms with E-state index in [-0.39, 0.29) is 6.61 Å². The van der Waals surface area contributed by atoms with E-state index >= 15 is 0 Å². The van der Waals surface area contributed by atoms with Crippen LogP contribution in [0.15, 0.2) is 6.33 Å². The fourth-order valence-corrected chi connectivity index (χ4v) is 2.73. The molecule has 1 fully saturated rings. The highest BCUT2D eigenvalue weighted by Gasteiger charge is 2.23. The van der Waals surface area contributed by atoms with E-state index in [1.54, 1.807) is 6.33 Å². The summed E-state index contributed by atoms with van der Waals surface area (Å²) in [5.74, 6) is 1.06. The lowest BCUT2D eigenvalue weighted by Crippen LogP contribution is -2.40. The van der Waals surface area contributed by atoms with Crippen LogP contribution in [0, 0.1) is 0 Å². The molecule has 1 saturated heterocycles. The second-order valence-electron chi connectivity index (χ2n) is 5.03. The van der Waals surface area contributed by atoms with E-state index in [1.165, 1.54) is 19.3 Å². The van der Waals surface area contributed by atoms with Crippen molar-refractivity contribution in [2.45, 2.75) is 58.2 Å². The zero-order chi connectivity index (χ0) is 12.8. The number of rotatable bonds is 6. The smallest absolute Gasteiger partial charge is 0.141 e. The Balaban J connectivity index is 1.99. The average Bonchev–Trinajstić information content (AvgIpc) is 2.80. The number of nitrogens with zero attached hydrogens (tertiary/aromatic N) is 4. The lowest BCUT2D eigenvalue weighted by Gasteiger charge is -2.35. The topological polar surface area (TPSA) is 54.2 Å². The van der Waals surface area contributed by atoms with Crippen molar-refractivity contribution in [1.29, 1.82) is 0 Å². The highest BCUT2D eigenvalue weighted by molar-refractivity contribution is 4.88. The second-order valence-corrected chi connectivity index (χ2v) is 5.03. The lowest BCUT2D eigenvalue weighted by atomic mass is 10.00. The summed E-state index contributed by atoms with van der Waals surface area (Å²) in [5, 5.41) is 13.4. The molecule has 1 aliphatic heterocycles. The van der Waals surface area contributed by atoms with Crippen LogP contribution in [0.25, 0.3) is 0 Å². The Hall–Kier alpha value is -0.940. The molecule has 0 bridgehead atoms. The van der Waals surface area contributed by atoms with Crippen molar-refractivity contribution in [2.75, 3.05) is 13.2 Å². The average molecular weight is 252 g/mol. The first-order chi connectivity index (χ1) is 8.85. The molecule has 0 amide bonds. The molecule has 0 radical (unpaired) electrons. The third kappa shape index (κ3) is 3.29. The molecule has 102 valence electrons. The molecule has 1 atom stereocenters. The number of piperidine rings is 1. The van der Waals surface area contributed by atoms with Gasteiger partial charge in [0, 0.05) is 19.2 Å². The molecule has 1 N–H and O–H groups in total. The Morgan fingerprint density at radius 1 is 1.44 bits per heavy atom. The molecule has 0 saturated carbocycles. The first-order valence-electron chi connectivity index (χ1n) is 7.06. The van der Waals surface area contributed by atoms with Crippen molar-refractivity contribution >= 4 is 0 Å². The number of aromatic nitrogens is 3. The van der Waals surface area contributed by atoms with Gasteiger partial charge in [-0.3, -0.25) is 4.90 Å². The molecular weight excluding hydrogens is 228 g/mol. The molecule has 0 aromatic carbocycles. The largest absolute Gasteiger partial charge is 0.396 e. The minimum Gasteiger partial charge on any atom is -0.396 e. The predicted octanol–water partition coefficient (Wildman–Crippen LogP) is 1.43. The van der Waals surface area contributed by atoms with Crippen molar-refractivity contribution < 1.29 is 5.11 Å². The van der Waals surface area contributed by atoms with Gasteiger partial charge in [0.1, 0.15) is 12.2 Å². The van der Waals surface area contributed by atoms with E-state index in [0.717, 1.165) is 38.3 Å². The number of hydrogen-bond donors (Lipinski definition) is 1. The Morgan fingerprint density at radius 2 is 2.33 bits per heavy atom. The van der Waals surface area contributed by atoms with Crippen LogP contribution in [-0.4, -0.2) is 44.0 Å². The van der Waals surface area contributed by atoms with Gasteiger partial charge in [-0.2, -0.15) is 5.10 Å². The molecule has 1 aromatic rings. The van der Waals surface area contributed by atoms with Crippen molar-refractivity contribution in [3.05, 3.63) is 12.2 Å². The van der Waals surface area contributed by atoms with Gasteiger partial charge in [0.15, 0.2) is 0 Å². The Morgan fingerprint density at radius 3 is 3.11 bits per heavy atom. The van der Waals surface area contributed by atoms with Gasteiger partial charge in [-0.1, -0.05) is 13.3 Å². The third-order valence-corrected chi connectivity index (χ3v) is 3.69. The molecule has 0 aliphatic carbocycles. The molecule has 1 aliphatic rings. The van der Waals surface area contributed by atoms with Crippen LogP contribution in [0.2, 0.25) is 0 Å². The van der Waals surface area contributed by atoms with Crippen molar-refractivity contribution in [3.63, 3.8) is 0 Å². The van der Waals surface area contributed by atoms with Gasteiger partial charge >= 0.3 is 0 Å². The summed E-state index contributed by atoms with van der Waals surface area (Å²) in [6.07, 6.45) is 7.34. The molecule has 18 heavy (non-hydrogen) atoms. The fourth-order valence-electron chi connectivity index (χ4n) is 2.73. The number of aliphatic hydroxyl groups is 1. The summed E-state index contributed by atoms with van der Waals surface area (Å²) >= 11 is 0. The first kappa shape index (κ1) is 13.5. The van der Waals surface area contributed by atoms with Gasteiger partial charge < -0.3 is 5.11 Å². The van der Waals surface area contributed by atoms with Gasteiger partial charge in [-0.05, 0) is 32.2 Å². The van der Waals surface area contributed by atoms with Gasteiger partial charge in [-0.15, -0.1) is 0 Å². The summed E-state index contributed by atoms with van der Waals surface area (Å²) in [6, 6.07) is 0.510. The van der Waals surface area contributed by atoms with Crippen LogP contribution in [-0.2, 0) is 13.1 Å². The van der Waals surface area contributed by atoms with Crippen molar-refractivity contribution in [1.82, 2.24) is 19.7 Å². The number of aliphatic hydroxyl groups excluding tert-OH is 1. The zero-order valence-corrected chi connectivity index (χ0v) is 11.3. The summed E-state index contributed by atoms with van der Waals surface area (Å²) in [6.45, 7) is 5.35. The van der Waals surface area contributed by atoms with Crippen LogP contribution >= 0.6 is 0 Å². The lowest BCUT2D eigenvalue weighted by molar-refractivity contribution is 0.108. The second kappa shape index (κ2) is 6.85. The van der Waals surface area contributed by atoms with E-state index in [4.69, 9.17) is 5.11 Å². The highest BCUT2D eigenvalue weighted by Crippen LogP contribution is 2.21. The van der Waals surface area contributed by atoms with Crippen molar-refractivity contribution in [3.8, 4) is 0 Å². The highest BCUT2D eigenvalue weighted by atomic mass is 16.3. The van der Waals surface area contributed by atoms with Gasteiger partial charge in [0.25, 0.3) is 0 Å². The summed E-state index contributed by atoms with van der Waals surface area (Å²) in [5.41, 5.74) is 0. The summed E-state index contributed by atoms with van der Waals surface area (Å²) in [4.78, 5) is 6.83. The fraction of sp³-hybridized carbons (Fsp3) is 0.846. The quantitative estimate of drug-likeness (QED) is 0.832. The van der Waals surface area contributed by atoms with Crippen molar-refractivity contribution in [2.24, 2.45) is 0 Å². The molecule has 1 unspecified atom stereocenters. The van der Waals surface area contributed by atoms with E-state index in [0.29, 0.717) is 6.04 Å². The normalized spacial score (nSPS) is 21.3. The minimum absolute atomic E-state index is 0.281. The Kier molecular flexibility index (Phi) is 5.13. The minimum atomic E-state index is 0.281. The van der Waals surface area contributed by atoms with E-state index in [2.05, 4.69) is 21.9 Å². The Labute approximate surface area is 109 Å². The number of likely N-dealkylation sites (tertiary alicyclic amines) is 1. The van der Waals surface area contributed by atoms with E-state index < -0.39 is 0 Å². The standard InChI is InChI=1S/C13H24N4O/c1-2-7-17-13(14-11-15-17)10-16-8-4-3-5-12(16)6-9-18/h11-12,18H,2-10H2,1H3. The van der Waals surface area contributed by atoms with E-state index in [1.807, 2.05) is 4.68 Å². The van der Waals surface area contributed by atoms with Crippen LogP contribution in [0.4, 0.5) is 0 Å². The maximum Gasteiger partial charge on any atom is 0.141 e. The maximum atomic E-state index is 9.14. The molecule has 5 heteroatoms. The van der Waals surface area contributed by atoms with Crippen LogP contribution in [0.5, 0.6) is 0 Å².